The van der Waals surface area contributed by atoms with Gasteiger partial charge in [0.15, 0.2) is 0 Å². The summed E-state index contributed by atoms with van der Waals surface area (Å²) in [7, 11) is -4.25. The van der Waals surface area contributed by atoms with Crippen LogP contribution in [0, 0.1) is 0 Å². The molecule has 0 radical (unpaired) electrons. The lowest BCUT2D eigenvalue weighted by molar-refractivity contribution is 0.421. The zero-order valence-corrected chi connectivity index (χ0v) is 16.1. The summed E-state index contributed by atoms with van der Waals surface area (Å²) < 4.78 is 35.4. The van der Waals surface area contributed by atoms with E-state index in [1.807, 2.05) is 24.3 Å². The standard InChI is InChI=1S/C22H28O3S/c23-26(24,25)22-20(16-9-3-1-4-10-16)15-18-13-7-8-14-19(18)21(22)17-11-5-2-6-12-17/h7-8,13-17H,1-6,9-12H2,(H,23,24,25). The Kier molecular flexibility index (Phi) is 5.07. The van der Waals surface area contributed by atoms with E-state index in [2.05, 4.69) is 6.07 Å². The predicted octanol–water partition coefficient (Wildman–Crippen LogP) is 6.18. The Morgan fingerprint density at radius 1 is 0.808 bits per heavy atom. The van der Waals surface area contributed by atoms with Crippen molar-refractivity contribution in [3.05, 3.63) is 41.5 Å². The fraction of sp³-hybridized carbons (Fsp3) is 0.545. The molecular weight excluding hydrogens is 344 g/mol. The van der Waals surface area contributed by atoms with Gasteiger partial charge in [-0.05, 0) is 65.5 Å². The molecule has 1 N–H and O–H groups in total. The molecule has 2 saturated carbocycles. The summed E-state index contributed by atoms with van der Waals surface area (Å²) in [6.07, 6.45) is 11.1. The maximum atomic E-state index is 12.6. The average molecular weight is 373 g/mol. The Labute approximate surface area is 156 Å². The van der Waals surface area contributed by atoms with E-state index < -0.39 is 10.1 Å². The van der Waals surface area contributed by atoms with Crippen molar-refractivity contribution in [1.29, 1.82) is 0 Å². The highest BCUT2D eigenvalue weighted by atomic mass is 32.2. The Morgan fingerprint density at radius 3 is 2.00 bits per heavy atom. The molecule has 140 valence electrons. The van der Waals surface area contributed by atoms with Crippen LogP contribution in [0.15, 0.2) is 35.2 Å². The topological polar surface area (TPSA) is 54.4 Å². The van der Waals surface area contributed by atoms with Crippen LogP contribution in [0.5, 0.6) is 0 Å². The molecule has 2 aliphatic carbocycles. The maximum absolute atomic E-state index is 12.6. The molecule has 2 aliphatic rings. The quantitative estimate of drug-likeness (QED) is 0.654. The normalized spacial score (nSPS) is 20.5. The van der Waals surface area contributed by atoms with E-state index in [1.54, 1.807) is 0 Å². The van der Waals surface area contributed by atoms with E-state index in [4.69, 9.17) is 0 Å². The smallest absolute Gasteiger partial charge is 0.282 e. The van der Waals surface area contributed by atoms with Crippen LogP contribution in [0.25, 0.3) is 10.8 Å². The van der Waals surface area contributed by atoms with Crippen molar-refractivity contribution in [1.82, 2.24) is 0 Å². The van der Waals surface area contributed by atoms with E-state index in [1.165, 1.54) is 12.8 Å². The minimum atomic E-state index is -4.25. The predicted molar refractivity (Wildman–Crippen MR) is 105 cm³/mol. The van der Waals surface area contributed by atoms with Crippen molar-refractivity contribution in [2.24, 2.45) is 0 Å². The first-order valence-corrected chi connectivity index (χ1v) is 11.5. The second kappa shape index (κ2) is 7.32. The SMILES string of the molecule is O=S(=O)(O)c1c(C2CCCCC2)cc2ccccc2c1C1CCCCC1. The number of hydrogen-bond donors (Lipinski definition) is 1. The Bertz CT molecular complexity index is 889. The lowest BCUT2D eigenvalue weighted by atomic mass is 9.78. The molecule has 3 nitrogen and oxygen atoms in total. The molecule has 0 saturated heterocycles. The van der Waals surface area contributed by atoms with Crippen LogP contribution in [-0.4, -0.2) is 13.0 Å². The average Bonchev–Trinajstić information content (AvgIpc) is 2.67. The third-order valence-corrected chi connectivity index (χ3v) is 7.36. The van der Waals surface area contributed by atoms with Gasteiger partial charge in [0.2, 0.25) is 0 Å². The molecule has 0 heterocycles. The van der Waals surface area contributed by atoms with Crippen LogP contribution in [0.4, 0.5) is 0 Å². The molecule has 0 atom stereocenters. The van der Waals surface area contributed by atoms with Gasteiger partial charge in [0.25, 0.3) is 10.1 Å². The number of benzene rings is 2. The molecule has 0 spiro atoms. The van der Waals surface area contributed by atoms with Crippen LogP contribution >= 0.6 is 0 Å². The van der Waals surface area contributed by atoms with Gasteiger partial charge < -0.3 is 0 Å². The van der Waals surface area contributed by atoms with Gasteiger partial charge in [-0.3, -0.25) is 4.55 Å². The van der Waals surface area contributed by atoms with Crippen molar-refractivity contribution in [3.63, 3.8) is 0 Å². The van der Waals surface area contributed by atoms with E-state index in [9.17, 15) is 13.0 Å². The zero-order chi connectivity index (χ0) is 18.1. The third-order valence-electron chi connectivity index (χ3n) is 6.39. The first kappa shape index (κ1) is 18.0. The minimum Gasteiger partial charge on any atom is -0.282 e. The van der Waals surface area contributed by atoms with Gasteiger partial charge in [-0.25, -0.2) is 0 Å². The summed E-state index contributed by atoms with van der Waals surface area (Å²) in [6.45, 7) is 0. The molecule has 2 aromatic rings. The van der Waals surface area contributed by atoms with Crippen LogP contribution in [0.1, 0.15) is 87.2 Å². The summed E-state index contributed by atoms with van der Waals surface area (Å²) in [5, 5.41) is 2.12. The Balaban J connectivity index is 2.00. The van der Waals surface area contributed by atoms with Gasteiger partial charge >= 0.3 is 0 Å². The van der Waals surface area contributed by atoms with Gasteiger partial charge in [0.05, 0.1) is 0 Å². The molecule has 0 aliphatic heterocycles. The van der Waals surface area contributed by atoms with E-state index in [0.717, 1.165) is 73.3 Å². The van der Waals surface area contributed by atoms with E-state index in [0.29, 0.717) is 0 Å². The highest BCUT2D eigenvalue weighted by Crippen LogP contribution is 2.45. The van der Waals surface area contributed by atoms with Crippen molar-refractivity contribution in [2.75, 3.05) is 0 Å². The van der Waals surface area contributed by atoms with E-state index in [-0.39, 0.29) is 16.7 Å². The summed E-state index contributed by atoms with van der Waals surface area (Å²) in [5.41, 5.74) is 1.76. The molecule has 0 amide bonds. The summed E-state index contributed by atoms with van der Waals surface area (Å²) in [6, 6.07) is 10.1. The van der Waals surface area contributed by atoms with Crippen molar-refractivity contribution in [3.8, 4) is 0 Å². The second-order valence-electron chi connectivity index (χ2n) is 8.07. The van der Waals surface area contributed by atoms with Crippen molar-refractivity contribution >= 4 is 20.9 Å². The molecule has 4 rings (SSSR count). The van der Waals surface area contributed by atoms with Crippen LogP contribution in [0.2, 0.25) is 0 Å². The second-order valence-corrected chi connectivity index (χ2v) is 9.43. The lowest BCUT2D eigenvalue weighted by Crippen LogP contribution is -2.17. The molecule has 4 heteroatoms. The van der Waals surface area contributed by atoms with E-state index >= 15 is 0 Å². The maximum Gasteiger partial charge on any atom is 0.295 e. The number of rotatable bonds is 3. The minimum absolute atomic E-state index is 0.231. The fourth-order valence-electron chi connectivity index (χ4n) is 5.18. The molecule has 2 aromatic carbocycles. The molecule has 0 bridgehead atoms. The molecule has 2 fully saturated rings. The highest BCUT2D eigenvalue weighted by molar-refractivity contribution is 7.86. The van der Waals surface area contributed by atoms with Gasteiger partial charge in [-0.15, -0.1) is 0 Å². The molecule has 0 aromatic heterocycles. The van der Waals surface area contributed by atoms with Crippen LogP contribution in [0.3, 0.4) is 0 Å². The zero-order valence-electron chi connectivity index (χ0n) is 15.3. The molecular formula is C22H28O3S. The van der Waals surface area contributed by atoms with Crippen molar-refractivity contribution in [2.45, 2.75) is 80.9 Å². The largest absolute Gasteiger partial charge is 0.295 e. The van der Waals surface area contributed by atoms with Gasteiger partial charge in [-0.2, -0.15) is 8.42 Å². The first-order valence-electron chi connectivity index (χ1n) is 10.1. The summed E-state index contributed by atoms with van der Waals surface area (Å²) in [5.74, 6) is 0.474. The van der Waals surface area contributed by atoms with Gasteiger partial charge in [0.1, 0.15) is 4.90 Å². The monoisotopic (exact) mass is 372 g/mol. The van der Waals surface area contributed by atoms with Crippen LogP contribution < -0.4 is 0 Å². The number of fused-ring (bicyclic) bond motifs is 1. The number of hydrogen-bond acceptors (Lipinski definition) is 2. The fourth-order valence-corrected chi connectivity index (χ4v) is 6.26. The first-order chi connectivity index (χ1) is 12.6. The summed E-state index contributed by atoms with van der Waals surface area (Å²) >= 11 is 0. The third kappa shape index (κ3) is 3.41. The Hall–Kier alpha value is -1.39. The Morgan fingerprint density at radius 2 is 1.38 bits per heavy atom. The van der Waals surface area contributed by atoms with Crippen molar-refractivity contribution < 1.29 is 13.0 Å². The lowest BCUT2D eigenvalue weighted by Gasteiger charge is -2.30. The van der Waals surface area contributed by atoms with Gasteiger partial charge in [-0.1, -0.05) is 62.8 Å². The molecule has 26 heavy (non-hydrogen) atoms. The van der Waals surface area contributed by atoms with Crippen LogP contribution in [-0.2, 0) is 10.1 Å². The highest BCUT2D eigenvalue weighted by Gasteiger charge is 2.32. The van der Waals surface area contributed by atoms with Gasteiger partial charge in [0, 0.05) is 0 Å². The molecule has 0 unspecified atom stereocenters. The summed E-state index contributed by atoms with van der Waals surface area (Å²) in [4.78, 5) is 0.245.